The smallest absolute Gasteiger partial charge is 0.410 e. The molecule has 1 aliphatic heterocycles. The van der Waals surface area contributed by atoms with Crippen molar-refractivity contribution in [3.05, 3.63) is 69.3 Å². The maximum absolute atomic E-state index is 12.4. The van der Waals surface area contributed by atoms with Crippen LogP contribution in [0.2, 0.25) is 0 Å². The number of carbonyl (C=O) groups is 2. The lowest BCUT2D eigenvalue weighted by Crippen LogP contribution is -2.42. The summed E-state index contributed by atoms with van der Waals surface area (Å²) in [6.07, 6.45) is 2.93. The zero-order valence-corrected chi connectivity index (χ0v) is 19.8. The van der Waals surface area contributed by atoms with E-state index in [0.717, 1.165) is 18.4 Å². The Hall–Kier alpha value is -3.75. The Labute approximate surface area is 198 Å². The molecule has 0 spiro atoms. The van der Waals surface area contributed by atoms with Crippen molar-refractivity contribution in [1.82, 2.24) is 4.90 Å². The third kappa shape index (κ3) is 6.18. The number of benzene rings is 2. The molecule has 1 aliphatic rings. The van der Waals surface area contributed by atoms with Gasteiger partial charge in [0.1, 0.15) is 11.2 Å². The molecule has 3 rings (SSSR count). The number of nitrogens with zero attached hydrogens (tertiary/aromatic N) is 3. The highest BCUT2D eigenvalue weighted by Gasteiger charge is 2.28. The molecule has 1 atom stereocenters. The number of amides is 1. The molecule has 9 heteroatoms. The Morgan fingerprint density at radius 3 is 2.50 bits per heavy atom. The van der Waals surface area contributed by atoms with Crippen LogP contribution in [0.5, 0.6) is 0 Å². The molecule has 0 aliphatic carbocycles. The van der Waals surface area contributed by atoms with E-state index in [2.05, 4.69) is 9.73 Å². The summed E-state index contributed by atoms with van der Waals surface area (Å²) >= 11 is 0. The molecule has 2 aromatic rings. The van der Waals surface area contributed by atoms with Gasteiger partial charge in [0, 0.05) is 25.2 Å². The van der Waals surface area contributed by atoms with Crippen LogP contribution in [-0.2, 0) is 9.47 Å². The minimum absolute atomic E-state index is 0.126. The molecule has 1 amide bonds. The van der Waals surface area contributed by atoms with Crippen LogP contribution in [0.15, 0.2) is 47.5 Å². The highest BCUT2D eigenvalue weighted by atomic mass is 16.6. The van der Waals surface area contributed by atoms with Gasteiger partial charge >= 0.3 is 12.1 Å². The number of rotatable bonds is 5. The van der Waals surface area contributed by atoms with Crippen LogP contribution in [0.25, 0.3) is 0 Å². The van der Waals surface area contributed by atoms with E-state index in [9.17, 15) is 19.7 Å². The van der Waals surface area contributed by atoms with Gasteiger partial charge in [-0.25, -0.2) is 9.59 Å². The third-order valence-corrected chi connectivity index (χ3v) is 5.45. The van der Waals surface area contributed by atoms with Gasteiger partial charge in [-0.2, -0.15) is 0 Å². The van der Waals surface area contributed by atoms with Gasteiger partial charge in [-0.1, -0.05) is 18.2 Å². The van der Waals surface area contributed by atoms with E-state index in [1.807, 2.05) is 45.0 Å². The minimum Gasteiger partial charge on any atom is -0.465 e. The molecule has 0 unspecified atom stereocenters. The molecular formula is C25H29N3O6. The fourth-order valence-electron chi connectivity index (χ4n) is 3.86. The second-order valence-electron chi connectivity index (χ2n) is 9.11. The average molecular weight is 468 g/mol. The first kappa shape index (κ1) is 24.9. The van der Waals surface area contributed by atoms with Crippen LogP contribution in [0.1, 0.15) is 61.0 Å². The minimum atomic E-state index is -0.779. The normalized spacial score (nSPS) is 16.4. The molecule has 0 saturated carbocycles. The number of hydrogen-bond acceptors (Lipinski definition) is 7. The largest absolute Gasteiger partial charge is 0.465 e. The molecule has 34 heavy (non-hydrogen) atoms. The van der Waals surface area contributed by atoms with Crippen molar-refractivity contribution in [2.45, 2.75) is 45.1 Å². The van der Waals surface area contributed by atoms with Crippen molar-refractivity contribution in [3.8, 4) is 0 Å². The number of aliphatic imine (C=N–C) groups is 1. The van der Waals surface area contributed by atoms with Crippen LogP contribution in [0.3, 0.4) is 0 Å². The Morgan fingerprint density at radius 2 is 1.88 bits per heavy atom. The molecule has 2 aromatic carbocycles. The second kappa shape index (κ2) is 10.5. The van der Waals surface area contributed by atoms with Gasteiger partial charge in [0.2, 0.25) is 0 Å². The summed E-state index contributed by atoms with van der Waals surface area (Å²) in [4.78, 5) is 41.3. The lowest BCUT2D eigenvalue weighted by molar-refractivity contribution is -0.385. The van der Waals surface area contributed by atoms with Crippen molar-refractivity contribution in [2.24, 2.45) is 4.99 Å². The van der Waals surface area contributed by atoms with Crippen LogP contribution in [0.4, 0.5) is 16.2 Å². The summed E-state index contributed by atoms with van der Waals surface area (Å²) in [7, 11) is 1.17. The van der Waals surface area contributed by atoms with E-state index < -0.39 is 16.5 Å². The van der Waals surface area contributed by atoms with Gasteiger partial charge in [0.05, 0.1) is 23.3 Å². The van der Waals surface area contributed by atoms with Gasteiger partial charge in [0.25, 0.3) is 5.69 Å². The van der Waals surface area contributed by atoms with Crippen LogP contribution in [-0.4, -0.2) is 53.9 Å². The molecule has 0 bridgehead atoms. The van der Waals surface area contributed by atoms with Gasteiger partial charge < -0.3 is 14.4 Å². The van der Waals surface area contributed by atoms with Crippen LogP contribution < -0.4 is 0 Å². The molecule has 180 valence electrons. The summed E-state index contributed by atoms with van der Waals surface area (Å²) < 4.78 is 10.1. The molecule has 1 fully saturated rings. The summed E-state index contributed by atoms with van der Waals surface area (Å²) in [5.41, 5.74) is 0.900. The molecule has 0 radical (unpaired) electrons. The van der Waals surface area contributed by atoms with Crippen molar-refractivity contribution in [2.75, 3.05) is 20.2 Å². The highest BCUT2D eigenvalue weighted by Crippen LogP contribution is 2.30. The number of methoxy groups -OCH3 is 1. The van der Waals surface area contributed by atoms with E-state index >= 15 is 0 Å². The number of piperidine rings is 1. The van der Waals surface area contributed by atoms with Crippen molar-refractivity contribution < 1.29 is 24.0 Å². The number of nitro benzene ring substituents is 1. The number of hydrogen-bond donors (Lipinski definition) is 0. The summed E-state index contributed by atoms with van der Waals surface area (Å²) in [5.74, 6) is -0.587. The molecule has 0 aromatic heterocycles. The summed E-state index contributed by atoms with van der Waals surface area (Å²) in [6, 6.07) is 12.0. The lowest BCUT2D eigenvalue weighted by atomic mass is 9.91. The monoisotopic (exact) mass is 467 g/mol. The van der Waals surface area contributed by atoms with Crippen LogP contribution >= 0.6 is 0 Å². The first-order valence-corrected chi connectivity index (χ1v) is 11.1. The lowest BCUT2D eigenvalue weighted by Gasteiger charge is -2.34. The summed E-state index contributed by atoms with van der Waals surface area (Å²) in [5, 5.41) is 11.5. The number of nitro groups is 1. The number of carbonyl (C=O) groups excluding carboxylic acids is 2. The fraction of sp³-hybridized carbons (Fsp3) is 0.400. The quantitative estimate of drug-likeness (QED) is 0.257. The standard InChI is InChI=1S/C25H29N3O6/c1-25(2,3)34-24(30)27-14-6-8-19(16-27)17-10-12-20(13-11-17)26-15-18-7-5-9-21(23(29)33-4)22(18)28(31)32/h5,7,9-13,15,19H,6,8,14,16H2,1-4H3/t19-/m1/s1. The maximum atomic E-state index is 12.4. The van der Waals surface area contributed by atoms with Gasteiger partial charge in [-0.15, -0.1) is 0 Å². The Balaban J connectivity index is 1.74. The number of ether oxygens (including phenoxy) is 2. The van der Waals surface area contributed by atoms with Crippen LogP contribution in [0, 0.1) is 10.1 Å². The first-order valence-electron chi connectivity index (χ1n) is 11.1. The van der Waals surface area contributed by atoms with Gasteiger partial charge in [-0.05, 0) is 63.4 Å². The maximum Gasteiger partial charge on any atom is 0.410 e. The van der Waals surface area contributed by atoms with Crippen molar-refractivity contribution >= 4 is 29.7 Å². The fourth-order valence-corrected chi connectivity index (χ4v) is 3.86. The highest BCUT2D eigenvalue weighted by molar-refractivity contribution is 5.99. The third-order valence-electron chi connectivity index (χ3n) is 5.45. The average Bonchev–Trinajstić information content (AvgIpc) is 2.81. The first-order chi connectivity index (χ1) is 16.1. The SMILES string of the molecule is COC(=O)c1cccc(C=Nc2ccc([C@@H]3CCCN(C(=O)OC(C)(C)C)C3)cc2)c1[N+](=O)[O-]. The van der Waals surface area contributed by atoms with Gasteiger partial charge in [0.15, 0.2) is 0 Å². The van der Waals surface area contributed by atoms with Gasteiger partial charge in [-0.3, -0.25) is 15.1 Å². The molecular weight excluding hydrogens is 438 g/mol. The molecule has 0 N–H and O–H groups in total. The van der Waals surface area contributed by atoms with Crippen molar-refractivity contribution in [3.63, 3.8) is 0 Å². The Morgan fingerprint density at radius 1 is 1.18 bits per heavy atom. The number of esters is 1. The summed E-state index contributed by atoms with van der Waals surface area (Å²) in [6.45, 7) is 6.82. The zero-order valence-electron chi connectivity index (χ0n) is 19.8. The van der Waals surface area contributed by atoms with E-state index in [4.69, 9.17) is 4.74 Å². The molecule has 1 heterocycles. The van der Waals surface area contributed by atoms with Crippen molar-refractivity contribution in [1.29, 1.82) is 0 Å². The topological polar surface area (TPSA) is 111 Å². The van der Waals surface area contributed by atoms with E-state index in [0.29, 0.717) is 18.8 Å². The number of likely N-dealkylation sites (tertiary alicyclic amines) is 1. The molecule has 9 nitrogen and oxygen atoms in total. The molecule has 1 saturated heterocycles. The van der Waals surface area contributed by atoms with E-state index in [-0.39, 0.29) is 28.8 Å². The predicted octanol–water partition coefficient (Wildman–Crippen LogP) is 5.25. The Bertz CT molecular complexity index is 1090. The van der Waals surface area contributed by atoms with E-state index in [1.165, 1.54) is 25.5 Å². The number of para-hydroxylation sites is 1. The second-order valence-corrected chi connectivity index (χ2v) is 9.11. The van der Waals surface area contributed by atoms with E-state index in [1.54, 1.807) is 11.0 Å². The Kier molecular flexibility index (Phi) is 7.65. The predicted molar refractivity (Wildman–Crippen MR) is 128 cm³/mol. The zero-order chi connectivity index (χ0) is 24.9.